The number of hydrogen-bond acceptors (Lipinski definition) is 4. The van der Waals surface area contributed by atoms with E-state index in [4.69, 9.17) is 29.6 Å². The van der Waals surface area contributed by atoms with Crippen molar-refractivity contribution in [3.8, 4) is 12.3 Å². The molecule has 0 aliphatic heterocycles. The molecule has 14 heavy (non-hydrogen) atoms. The monoisotopic (exact) mass is 230 g/mol. The van der Waals surface area contributed by atoms with Gasteiger partial charge in [0.1, 0.15) is 0 Å². The summed E-state index contributed by atoms with van der Waals surface area (Å²) in [6, 6.07) is 0. The van der Waals surface area contributed by atoms with E-state index in [1.54, 1.807) is 0 Å². The predicted octanol–water partition coefficient (Wildman–Crippen LogP) is 2.00. The quantitative estimate of drug-likeness (QED) is 0.636. The van der Waals surface area contributed by atoms with Gasteiger partial charge in [-0.05, 0) is 29.6 Å². The van der Waals surface area contributed by atoms with Crippen LogP contribution in [0.25, 0.3) is 0 Å². The Kier molecular flexibility index (Phi) is 4.44. The van der Waals surface area contributed by atoms with Crippen LogP contribution in [-0.2, 0) is 0 Å². The minimum atomic E-state index is 0.0736. The van der Waals surface area contributed by atoms with Crippen LogP contribution in [0.3, 0.4) is 0 Å². The Balaban J connectivity index is 2.47. The summed E-state index contributed by atoms with van der Waals surface area (Å²) in [5, 5.41) is 3.08. The molecule has 0 saturated heterocycles. The maximum atomic E-state index is 5.57. The SMILES string of the molecule is C#CCCCNc1nc(Cl)nc(Cl)n1. The first-order chi connectivity index (χ1) is 6.72. The average Bonchev–Trinajstić information content (AvgIpc) is 2.11. The summed E-state index contributed by atoms with van der Waals surface area (Å²) in [5.74, 6) is 2.90. The zero-order valence-electron chi connectivity index (χ0n) is 7.30. The number of aromatic nitrogens is 3. The first-order valence-electron chi connectivity index (χ1n) is 3.97. The third-order valence-corrected chi connectivity index (χ3v) is 1.70. The smallest absolute Gasteiger partial charge is 0.228 e. The first kappa shape index (κ1) is 11.0. The molecule has 0 amide bonds. The van der Waals surface area contributed by atoms with Gasteiger partial charge in [-0.15, -0.1) is 12.3 Å². The van der Waals surface area contributed by atoms with Crippen molar-refractivity contribution < 1.29 is 0 Å². The zero-order chi connectivity index (χ0) is 10.4. The standard InChI is InChI=1S/C8H8Cl2N4/c1-2-3-4-5-11-8-13-6(9)12-7(10)14-8/h1H,3-5H2,(H,11,12,13,14). The largest absolute Gasteiger partial charge is 0.354 e. The van der Waals surface area contributed by atoms with Crippen molar-refractivity contribution in [2.24, 2.45) is 0 Å². The molecule has 6 heteroatoms. The van der Waals surface area contributed by atoms with Gasteiger partial charge in [0.25, 0.3) is 0 Å². The van der Waals surface area contributed by atoms with Gasteiger partial charge in [-0.1, -0.05) is 0 Å². The van der Waals surface area contributed by atoms with E-state index in [1.165, 1.54) is 0 Å². The lowest BCUT2D eigenvalue weighted by Gasteiger charge is -2.02. The molecule has 0 radical (unpaired) electrons. The Morgan fingerprint density at radius 2 is 1.86 bits per heavy atom. The lowest BCUT2D eigenvalue weighted by atomic mass is 10.3. The van der Waals surface area contributed by atoms with Gasteiger partial charge in [0.15, 0.2) is 0 Å². The van der Waals surface area contributed by atoms with Gasteiger partial charge >= 0.3 is 0 Å². The van der Waals surface area contributed by atoms with Crippen molar-refractivity contribution in [2.45, 2.75) is 12.8 Å². The van der Waals surface area contributed by atoms with Gasteiger partial charge in [-0.3, -0.25) is 0 Å². The molecule has 0 saturated carbocycles. The van der Waals surface area contributed by atoms with E-state index in [-0.39, 0.29) is 10.6 Å². The van der Waals surface area contributed by atoms with E-state index in [1.807, 2.05) is 0 Å². The molecule has 1 rings (SSSR count). The normalized spacial score (nSPS) is 9.50. The van der Waals surface area contributed by atoms with Crippen LogP contribution in [0.4, 0.5) is 5.95 Å². The van der Waals surface area contributed by atoms with Gasteiger partial charge < -0.3 is 5.32 Å². The van der Waals surface area contributed by atoms with Crippen LogP contribution < -0.4 is 5.32 Å². The molecule has 0 atom stereocenters. The number of terminal acetylenes is 1. The van der Waals surface area contributed by atoms with E-state index in [0.717, 1.165) is 6.42 Å². The fourth-order valence-corrected chi connectivity index (χ4v) is 1.16. The highest BCUT2D eigenvalue weighted by molar-refractivity contribution is 6.31. The molecule has 74 valence electrons. The Morgan fingerprint density at radius 3 is 2.43 bits per heavy atom. The van der Waals surface area contributed by atoms with E-state index >= 15 is 0 Å². The molecule has 1 N–H and O–H groups in total. The fourth-order valence-electron chi connectivity index (χ4n) is 0.796. The molecule has 1 aromatic rings. The van der Waals surface area contributed by atoms with Crippen molar-refractivity contribution in [1.29, 1.82) is 0 Å². The topological polar surface area (TPSA) is 50.7 Å². The number of hydrogen-bond donors (Lipinski definition) is 1. The lowest BCUT2D eigenvalue weighted by molar-refractivity contribution is 0.886. The minimum Gasteiger partial charge on any atom is -0.354 e. The summed E-state index contributed by atoms with van der Waals surface area (Å²) < 4.78 is 0. The summed E-state index contributed by atoms with van der Waals surface area (Å²) in [6.07, 6.45) is 6.65. The fraction of sp³-hybridized carbons (Fsp3) is 0.375. The van der Waals surface area contributed by atoms with Crippen molar-refractivity contribution >= 4 is 29.2 Å². The van der Waals surface area contributed by atoms with Crippen LogP contribution >= 0.6 is 23.2 Å². The van der Waals surface area contributed by atoms with Gasteiger partial charge in [-0.25, -0.2) is 0 Å². The second-order valence-electron chi connectivity index (χ2n) is 2.43. The zero-order valence-corrected chi connectivity index (χ0v) is 8.81. The van der Waals surface area contributed by atoms with Crippen molar-refractivity contribution in [3.63, 3.8) is 0 Å². The van der Waals surface area contributed by atoms with Crippen molar-refractivity contribution in [1.82, 2.24) is 15.0 Å². The Hall–Kier alpha value is -1.05. The highest BCUT2D eigenvalue weighted by Crippen LogP contribution is 2.09. The summed E-state index contributed by atoms with van der Waals surface area (Å²) in [5.41, 5.74) is 0. The number of anilines is 1. The number of rotatable bonds is 4. The third-order valence-electron chi connectivity index (χ3n) is 1.36. The van der Waals surface area contributed by atoms with E-state index in [2.05, 4.69) is 26.2 Å². The molecule has 1 aromatic heterocycles. The maximum absolute atomic E-state index is 5.57. The molecule has 0 aliphatic rings. The van der Waals surface area contributed by atoms with E-state index in [9.17, 15) is 0 Å². The number of nitrogens with one attached hydrogen (secondary N) is 1. The second kappa shape index (κ2) is 5.63. The van der Waals surface area contributed by atoms with Gasteiger partial charge in [0.2, 0.25) is 16.5 Å². The maximum Gasteiger partial charge on any atom is 0.228 e. The second-order valence-corrected chi connectivity index (χ2v) is 3.11. The lowest BCUT2D eigenvalue weighted by Crippen LogP contribution is -2.06. The van der Waals surface area contributed by atoms with E-state index < -0.39 is 0 Å². The number of nitrogens with zero attached hydrogens (tertiary/aromatic N) is 3. The molecule has 0 bridgehead atoms. The molecule has 1 heterocycles. The van der Waals surface area contributed by atoms with Crippen LogP contribution in [0, 0.1) is 12.3 Å². The Bertz CT molecular complexity index is 327. The van der Waals surface area contributed by atoms with Gasteiger partial charge in [-0.2, -0.15) is 15.0 Å². The highest BCUT2D eigenvalue weighted by atomic mass is 35.5. The van der Waals surface area contributed by atoms with Gasteiger partial charge in [0, 0.05) is 13.0 Å². The van der Waals surface area contributed by atoms with E-state index in [0.29, 0.717) is 18.9 Å². The molecular weight excluding hydrogens is 223 g/mol. The molecule has 0 aliphatic carbocycles. The molecule has 0 spiro atoms. The summed E-state index contributed by atoms with van der Waals surface area (Å²) in [4.78, 5) is 11.3. The minimum absolute atomic E-state index is 0.0736. The predicted molar refractivity (Wildman–Crippen MR) is 56.4 cm³/mol. The Labute approximate surface area is 92.1 Å². The van der Waals surface area contributed by atoms with Crippen molar-refractivity contribution in [2.75, 3.05) is 11.9 Å². The van der Waals surface area contributed by atoms with Gasteiger partial charge in [0.05, 0.1) is 0 Å². The number of halogens is 2. The summed E-state index contributed by atoms with van der Waals surface area (Å²) in [7, 11) is 0. The first-order valence-corrected chi connectivity index (χ1v) is 4.72. The van der Waals surface area contributed by atoms with Crippen molar-refractivity contribution in [3.05, 3.63) is 10.6 Å². The van der Waals surface area contributed by atoms with Crippen LogP contribution in [0.2, 0.25) is 10.6 Å². The van der Waals surface area contributed by atoms with Crippen LogP contribution in [-0.4, -0.2) is 21.5 Å². The number of unbranched alkanes of at least 4 members (excludes halogenated alkanes) is 1. The molecule has 0 unspecified atom stereocenters. The van der Waals surface area contributed by atoms with Crippen LogP contribution in [0.5, 0.6) is 0 Å². The average molecular weight is 231 g/mol. The molecular formula is C8H8Cl2N4. The molecule has 4 nitrogen and oxygen atoms in total. The molecule has 0 fully saturated rings. The Morgan fingerprint density at radius 1 is 1.21 bits per heavy atom. The van der Waals surface area contributed by atoms with Crippen LogP contribution in [0.1, 0.15) is 12.8 Å². The van der Waals surface area contributed by atoms with Crippen LogP contribution in [0.15, 0.2) is 0 Å². The third kappa shape index (κ3) is 3.77. The summed E-state index contributed by atoms with van der Waals surface area (Å²) in [6.45, 7) is 0.681. The molecule has 0 aromatic carbocycles. The highest BCUT2D eigenvalue weighted by Gasteiger charge is 2.01. The summed E-state index contributed by atoms with van der Waals surface area (Å²) >= 11 is 11.1.